The Bertz CT molecular complexity index is 635. The van der Waals surface area contributed by atoms with Crippen LogP contribution in [-0.2, 0) is 13.0 Å². The minimum absolute atomic E-state index is 0.134. The van der Waals surface area contributed by atoms with E-state index in [0.717, 1.165) is 10.7 Å². The van der Waals surface area contributed by atoms with E-state index < -0.39 is 5.97 Å². The van der Waals surface area contributed by atoms with Gasteiger partial charge in [0.1, 0.15) is 5.76 Å². The molecule has 21 heavy (non-hydrogen) atoms. The maximum Gasteiger partial charge on any atom is 0.371 e. The van der Waals surface area contributed by atoms with Crippen molar-refractivity contribution in [2.45, 2.75) is 19.9 Å². The SMILES string of the molecule is Cc1csc(CCNC(=O)NCc2ccc(C(=O)O)o2)n1. The molecule has 0 fully saturated rings. The predicted octanol–water partition coefficient (Wildman–Crippen LogP) is 1.78. The molecule has 2 amide bonds. The zero-order valence-electron chi connectivity index (χ0n) is 11.4. The number of carboxylic acid groups (broad SMARTS) is 1. The number of aromatic carboxylic acids is 1. The number of thiazole rings is 1. The first kappa shape index (κ1) is 15.0. The van der Waals surface area contributed by atoms with Gasteiger partial charge in [0.05, 0.1) is 11.6 Å². The summed E-state index contributed by atoms with van der Waals surface area (Å²) < 4.78 is 5.02. The van der Waals surface area contributed by atoms with Crippen LogP contribution in [0.3, 0.4) is 0 Å². The number of carbonyl (C=O) groups excluding carboxylic acids is 1. The summed E-state index contributed by atoms with van der Waals surface area (Å²) in [5, 5.41) is 16.9. The van der Waals surface area contributed by atoms with Gasteiger partial charge < -0.3 is 20.2 Å². The number of rotatable bonds is 6. The highest BCUT2D eigenvalue weighted by molar-refractivity contribution is 7.09. The summed E-state index contributed by atoms with van der Waals surface area (Å²) in [5.74, 6) is -0.895. The summed E-state index contributed by atoms with van der Waals surface area (Å²) in [5.41, 5.74) is 0.978. The van der Waals surface area contributed by atoms with Crippen LogP contribution in [0.4, 0.5) is 4.79 Å². The monoisotopic (exact) mass is 309 g/mol. The van der Waals surface area contributed by atoms with Crippen molar-refractivity contribution in [1.82, 2.24) is 15.6 Å². The second-order valence-corrected chi connectivity index (χ2v) is 5.26. The predicted molar refractivity (Wildman–Crippen MR) is 76.5 cm³/mol. The van der Waals surface area contributed by atoms with Crippen molar-refractivity contribution >= 4 is 23.3 Å². The number of furan rings is 1. The van der Waals surface area contributed by atoms with E-state index in [1.54, 1.807) is 11.3 Å². The van der Waals surface area contributed by atoms with Gasteiger partial charge in [0.2, 0.25) is 5.76 Å². The first-order valence-electron chi connectivity index (χ1n) is 6.29. The number of carboxylic acids is 1. The molecule has 8 heteroatoms. The number of urea groups is 1. The topological polar surface area (TPSA) is 104 Å². The first-order chi connectivity index (χ1) is 10.0. The molecule has 0 spiro atoms. The largest absolute Gasteiger partial charge is 0.475 e. The van der Waals surface area contributed by atoms with Crippen molar-refractivity contribution in [2.24, 2.45) is 0 Å². The maximum atomic E-state index is 11.6. The lowest BCUT2D eigenvalue weighted by atomic mass is 10.4. The average Bonchev–Trinajstić information content (AvgIpc) is 3.05. The summed E-state index contributed by atoms with van der Waals surface area (Å²) in [6, 6.07) is 2.53. The van der Waals surface area contributed by atoms with E-state index in [9.17, 15) is 9.59 Å². The van der Waals surface area contributed by atoms with Gasteiger partial charge in [-0.15, -0.1) is 11.3 Å². The second kappa shape index (κ2) is 6.89. The van der Waals surface area contributed by atoms with E-state index in [1.165, 1.54) is 12.1 Å². The fourth-order valence-corrected chi connectivity index (χ4v) is 2.39. The van der Waals surface area contributed by atoms with E-state index in [1.807, 2.05) is 12.3 Å². The Morgan fingerprint density at radius 2 is 2.19 bits per heavy atom. The molecular weight excluding hydrogens is 294 g/mol. The molecule has 0 unspecified atom stereocenters. The maximum absolute atomic E-state index is 11.6. The number of nitrogens with zero attached hydrogens (tertiary/aromatic N) is 1. The Hall–Kier alpha value is -2.35. The molecule has 2 rings (SSSR count). The number of hydrogen-bond acceptors (Lipinski definition) is 5. The molecule has 0 atom stereocenters. The molecule has 0 bridgehead atoms. The van der Waals surface area contributed by atoms with Crippen molar-refractivity contribution in [2.75, 3.05) is 6.54 Å². The highest BCUT2D eigenvalue weighted by Gasteiger charge is 2.09. The zero-order chi connectivity index (χ0) is 15.2. The molecule has 112 valence electrons. The lowest BCUT2D eigenvalue weighted by molar-refractivity contribution is 0.0660. The van der Waals surface area contributed by atoms with Crippen molar-refractivity contribution in [3.8, 4) is 0 Å². The van der Waals surface area contributed by atoms with Crippen LogP contribution in [0.5, 0.6) is 0 Å². The van der Waals surface area contributed by atoms with Gasteiger partial charge in [-0.25, -0.2) is 14.6 Å². The van der Waals surface area contributed by atoms with E-state index in [2.05, 4.69) is 15.6 Å². The fraction of sp³-hybridized carbons (Fsp3) is 0.308. The minimum atomic E-state index is -1.13. The van der Waals surface area contributed by atoms with Gasteiger partial charge in [-0.3, -0.25) is 0 Å². The van der Waals surface area contributed by atoms with Gasteiger partial charge in [0.25, 0.3) is 0 Å². The van der Waals surface area contributed by atoms with Crippen LogP contribution < -0.4 is 10.6 Å². The van der Waals surface area contributed by atoms with Crippen LogP contribution in [0.2, 0.25) is 0 Å². The lowest BCUT2D eigenvalue weighted by Crippen LogP contribution is -2.36. The van der Waals surface area contributed by atoms with Gasteiger partial charge in [0.15, 0.2) is 0 Å². The molecule has 0 aliphatic carbocycles. The average molecular weight is 309 g/mol. The Morgan fingerprint density at radius 1 is 1.38 bits per heavy atom. The number of amides is 2. The molecule has 2 heterocycles. The highest BCUT2D eigenvalue weighted by atomic mass is 32.1. The molecule has 0 saturated carbocycles. The van der Waals surface area contributed by atoms with Crippen molar-refractivity contribution < 1.29 is 19.1 Å². The highest BCUT2D eigenvalue weighted by Crippen LogP contribution is 2.09. The summed E-state index contributed by atoms with van der Waals surface area (Å²) in [6.45, 7) is 2.54. The molecule has 0 saturated heterocycles. The van der Waals surface area contributed by atoms with Crippen LogP contribution in [-0.4, -0.2) is 28.6 Å². The molecular formula is C13H15N3O4S. The normalized spacial score (nSPS) is 10.3. The molecule has 0 radical (unpaired) electrons. The van der Waals surface area contributed by atoms with Gasteiger partial charge in [-0.1, -0.05) is 0 Å². The number of carbonyl (C=O) groups is 2. The summed E-state index contributed by atoms with van der Waals surface area (Å²) >= 11 is 1.56. The number of hydrogen-bond donors (Lipinski definition) is 3. The second-order valence-electron chi connectivity index (χ2n) is 4.31. The summed E-state index contributed by atoms with van der Waals surface area (Å²) in [4.78, 5) is 26.5. The number of nitrogens with one attached hydrogen (secondary N) is 2. The van der Waals surface area contributed by atoms with E-state index in [-0.39, 0.29) is 18.3 Å². The Balaban J connectivity index is 1.68. The number of aromatic nitrogens is 1. The third-order valence-electron chi connectivity index (χ3n) is 2.59. The standard InChI is InChI=1S/C13H15N3O4S/c1-8-7-21-11(16-8)4-5-14-13(19)15-6-9-2-3-10(20-9)12(17)18/h2-3,7H,4-6H2,1H3,(H,17,18)(H2,14,15,19). The van der Waals surface area contributed by atoms with Crippen molar-refractivity contribution in [3.05, 3.63) is 39.7 Å². The van der Waals surface area contributed by atoms with Crippen molar-refractivity contribution in [1.29, 1.82) is 0 Å². The van der Waals surface area contributed by atoms with Gasteiger partial charge in [-0.2, -0.15) is 0 Å². The van der Waals surface area contributed by atoms with Gasteiger partial charge >= 0.3 is 12.0 Å². The molecule has 0 aromatic carbocycles. The van der Waals surface area contributed by atoms with E-state index in [4.69, 9.17) is 9.52 Å². The fourth-order valence-electron chi connectivity index (χ4n) is 1.62. The zero-order valence-corrected chi connectivity index (χ0v) is 12.2. The quantitative estimate of drug-likeness (QED) is 0.754. The summed E-state index contributed by atoms with van der Waals surface area (Å²) in [7, 11) is 0. The van der Waals surface area contributed by atoms with Gasteiger partial charge in [-0.05, 0) is 19.1 Å². The molecule has 2 aromatic heterocycles. The lowest BCUT2D eigenvalue weighted by Gasteiger charge is -2.05. The third-order valence-corrected chi connectivity index (χ3v) is 3.61. The minimum Gasteiger partial charge on any atom is -0.475 e. The third kappa shape index (κ3) is 4.60. The molecule has 7 nitrogen and oxygen atoms in total. The van der Waals surface area contributed by atoms with Crippen LogP contribution in [0.15, 0.2) is 21.9 Å². The number of aryl methyl sites for hydroxylation is 1. The van der Waals surface area contributed by atoms with Crippen LogP contribution in [0.1, 0.15) is 27.0 Å². The molecule has 0 aliphatic heterocycles. The Labute approximate surface area is 125 Å². The molecule has 0 aliphatic rings. The van der Waals surface area contributed by atoms with Gasteiger partial charge in [0, 0.05) is 24.0 Å². The molecule has 3 N–H and O–H groups in total. The van der Waals surface area contributed by atoms with Crippen molar-refractivity contribution in [3.63, 3.8) is 0 Å². The Kier molecular flexibility index (Phi) is 4.94. The van der Waals surface area contributed by atoms with E-state index >= 15 is 0 Å². The smallest absolute Gasteiger partial charge is 0.371 e. The van der Waals surface area contributed by atoms with Crippen LogP contribution in [0.25, 0.3) is 0 Å². The first-order valence-corrected chi connectivity index (χ1v) is 7.17. The summed E-state index contributed by atoms with van der Waals surface area (Å²) in [6.07, 6.45) is 0.676. The van der Waals surface area contributed by atoms with Crippen LogP contribution >= 0.6 is 11.3 Å². The Morgan fingerprint density at radius 3 is 2.81 bits per heavy atom. The van der Waals surface area contributed by atoms with Crippen LogP contribution in [0, 0.1) is 6.92 Å². The van der Waals surface area contributed by atoms with E-state index in [0.29, 0.717) is 18.7 Å². The molecule has 2 aromatic rings.